The maximum Gasteiger partial charge on any atom is 0.247 e. The number of para-hydroxylation sites is 1. The van der Waals surface area contributed by atoms with E-state index in [-0.39, 0.29) is 23.8 Å². The molecule has 0 unspecified atom stereocenters. The molecule has 1 atom stereocenters. The zero-order chi connectivity index (χ0) is 22.0. The molecule has 2 aromatic carbocycles. The first kappa shape index (κ1) is 21.2. The Morgan fingerprint density at radius 3 is 2.71 bits per heavy atom. The Morgan fingerprint density at radius 1 is 1.13 bits per heavy atom. The molecule has 0 radical (unpaired) electrons. The van der Waals surface area contributed by atoms with Gasteiger partial charge in [0.15, 0.2) is 17.3 Å². The largest absolute Gasteiger partial charge is 0.447 e. The van der Waals surface area contributed by atoms with Crippen LogP contribution in [-0.2, 0) is 4.79 Å². The molecule has 1 aromatic heterocycles. The number of benzene rings is 2. The lowest BCUT2D eigenvalue weighted by molar-refractivity contribution is -0.120. The summed E-state index contributed by atoms with van der Waals surface area (Å²) in [5, 5.41) is 8.82. The van der Waals surface area contributed by atoms with Crippen LogP contribution in [0.3, 0.4) is 0 Å². The van der Waals surface area contributed by atoms with Gasteiger partial charge in [-0.25, -0.2) is 8.78 Å². The van der Waals surface area contributed by atoms with Crippen LogP contribution in [0.2, 0.25) is 0 Å². The third-order valence-corrected chi connectivity index (χ3v) is 5.49. The Labute approximate surface area is 182 Å². The Hall–Kier alpha value is -3.07. The second kappa shape index (κ2) is 8.97. The number of nitrogens with zero attached hydrogens (tertiary/aromatic N) is 4. The Balaban J connectivity index is 1.97. The first-order valence-corrected chi connectivity index (χ1v) is 10.9. The number of fused-ring (bicyclic) bond motifs is 3. The van der Waals surface area contributed by atoms with Gasteiger partial charge < -0.3 is 4.74 Å². The van der Waals surface area contributed by atoms with Gasteiger partial charge in [-0.05, 0) is 24.3 Å². The summed E-state index contributed by atoms with van der Waals surface area (Å²) in [5.41, 5.74) is 1.29. The van der Waals surface area contributed by atoms with Crippen molar-refractivity contribution in [3.63, 3.8) is 0 Å². The van der Waals surface area contributed by atoms with Gasteiger partial charge in [0.2, 0.25) is 23.2 Å². The monoisotopic (exact) mass is 442 g/mol. The van der Waals surface area contributed by atoms with Crippen molar-refractivity contribution >= 4 is 23.4 Å². The number of thioether (sulfide) groups is 1. The zero-order valence-electron chi connectivity index (χ0n) is 17.0. The summed E-state index contributed by atoms with van der Waals surface area (Å²) < 4.78 is 35.0. The third kappa shape index (κ3) is 3.97. The number of anilines is 1. The first-order chi connectivity index (χ1) is 15.0. The van der Waals surface area contributed by atoms with E-state index in [1.54, 1.807) is 24.3 Å². The van der Waals surface area contributed by atoms with Crippen molar-refractivity contribution in [1.29, 1.82) is 0 Å². The van der Waals surface area contributed by atoms with Crippen LogP contribution in [-0.4, -0.2) is 26.8 Å². The molecule has 1 amide bonds. The van der Waals surface area contributed by atoms with E-state index in [9.17, 15) is 13.6 Å². The molecule has 9 heteroatoms. The van der Waals surface area contributed by atoms with Gasteiger partial charge in [0, 0.05) is 12.0 Å². The van der Waals surface area contributed by atoms with E-state index in [0.29, 0.717) is 28.5 Å². The molecule has 0 aliphatic carbocycles. The number of halogens is 2. The van der Waals surface area contributed by atoms with Crippen molar-refractivity contribution in [2.45, 2.75) is 38.1 Å². The smallest absolute Gasteiger partial charge is 0.247 e. The van der Waals surface area contributed by atoms with Crippen LogP contribution in [0.15, 0.2) is 47.6 Å². The topological polar surface area (TPSA) is 68.2 Å². The van der Waals surface area contributed by atoms with Gasteiger partial charge in [-0.15, -0.1) is 10.2 Å². The molecule has 0 saturated heterocycles. The maximum absolute atomic E-state index is 14.8. The number of amides is 1. The van der Waals surface area contributed by atoms with Gasteiger partial charge >= 0.3 is 0 Å². The number of carbonyl (C=O) groups excluding carboxylic acids is 1. The van der Waals surface area contributed by atoms with Crippen LogP contribution >= 0.6 is 11.8 Å². The van der Waals surface area contributed by atoms with Crippen LogP contribution < -0.4 is 9.64 Å². The van der Waals surface area contributed by atoms with E-state index < -0.39 is 17.9 Å². The molecule has 6 nitrogen and oxygen atoms in total. The predicted octanol–water partition coefficient (Wildman–Crippen LogP) is 5.15. The van der Waals surface area contributed by atoms with Gasteiger partial charge in [-0.2, -0.15) is 4.98 Å². The second-order valence-electron chi connectivity index (χ2n) is 6.83. The van der Waals surface area contributed by atoms with Gasteiger partial charge in [0.25, 0.3) is 0 Å². The van der Waals surface area contributed by atoms with E-state index in [2.05, 4.69) is 15.2 Å². The van der Waals surface area contributed by atoms with Crippen molar-refractivity contribution in [2.24, 2.45) is 0 Å². The Morgan fingerprint density at radius 2 is 1.94 bits per heavy atom. The Kier molecular flexibility index (Phi) is 6.13. The van der Waals surface area contributed by atoms with Gasteiger partial charge in [0.05, 0.1) is 11.3 Å². The average Bonchev–Trinajstić information content (AvgIpc) is 2.90. The van der Waals surface area contributed by atoms with Crippen molar-refractivity contribution in [2.75, 3.05) is 10.7 Å². The molecule has 0 fully saturated rings. The lowest BCUT2D eigenvalue weighted by atomic mass is 10.1. The van der Waals surface area contributed by atoms with Crippen LogP contribution in [0.5, 0.6) is 5.88 Å². The number of carbonyl (C=O) groups is 1. The highest BCUT2D eigenvalue weighted by Crippen LogP contribution is 2.44. The van der Waals surface area contributed by atoms with Crippen LogP contribution in [0.25, 0.3) is 11.3 Å². The van der Waals surface area contributed by atoms with Crippen molar-refractivity contribution < 1.29 is 18.3 Å². The minimum atomic E-state index is -1.26. The summed E-state index contributed by atoms with van der Waals surface area (Å²) >= 11 is 1.37. The number of hydrogen-bond acceptors (Lipinski definition) is 6. The molecule has 160 valence electrons. The van der Waals surface area contributed by atoms with Gasteiger partial charge in [-0.1, -0.05) is 55.9 Å². The summed E-state index contributed by atoms with van der Waals surface area (Å²) in [7, 11) is 0. The number of ether oxygens (including phenoxy) is 1. The molecule has 2 heterocycles. The van der Waals surface area contributed by atoms with E-state index in [1.807, 2.05) is 13.8 Å². The highest BCUT2D eigenvalue weighted by atomic mass is 32.2. The van der Waals surface area contributed by atoms with Crippen molar-refractivity contribution in [1.82, 2.24) is 15.2 Å². The summed E-state index contributed by atoms with van der Waals surface area (Å²) in [6, 6.07) is 10.9. The van der Waals surface area contributed by atoms with E-state index in [4.69, 9.17) is 4.74 Å². The summed E-state index contributed by atoms with van der Waals surface area (Å²) in [6.45, 7) is 3.82. The van der Waals surface area contributed by atoms with Gasteiger partial charge in [-0.3, -0.25) is 9.69 Å². The molecule has 3 aromatic rings. The van der Waals surface area contributed by atoms with Crippen LogP contribution in [0.1, 0.15) is 38.5 Å². The van der Waals surface area contributed by atoms with Crippen molar-refractivity contribution in [3.8, 4) is 17.1 Å². The normalized spacial score (nSPS) is 15.0. The quantitative estimate of drug-likeness (QED) is 0.509. The number of hydrogen-bond donors (Lipinski definition) is 0. The highest BCUT2D eigenvalue weighted by Gasteiger charge is 2.37. The molecule has 1 aliphatic rings. The fraction of sp³-hybridized carbons (Fsp3) is 0.273. The number of aromatic nitrogens is 3. The first-order valence-electron chi connectivity index (χ1n) is 9.94. The summed E-state index contributed by atoms with van der Waals surface area (Å²) in [5.74, 6) is -1.55. The van der Waals surface area contributed by atoms with E-state index in [0.717, 1.165) is 11.8 Å². The van der Waals surface area contributed by atoms with E-state index in [1.165, 1.54) is 28.8 Å². The second-order valence-corrected chi connectivity index (χ2v) is 8.06. The molecule has 0 bridgehead atoms. The molecule has 0 N–H and O–H groups in total. The van der Waals surface area contributed by atoms with Gasteiger partial charge in [0.1, 0.15) is 0 Å². The lowest BCUT2D eigenvalue weighted by Crippen LogP contribution is -2.38. The summed E-state index contributed by atoms with van der Waals surface area (Å²) in [6.07, 6.45) is -0.469. The molecular weight excluding hydrogens is 422 g/mol. The van der Waals surface area contributed by atoms with Crippen molar-refractivity contribution in [3.05, 3.63) is 59.7 Å². The molecular formula is C22H20F2N4O2S. The zero-order valence-corrected chi connectivity index (χ0v) is 17.8. The lowest BCUT2D eigenvalue weighted by Gasteiger charge is -2.31. The number of rotatable bonds is 5. The molecule has 31 heavy (non-hydrogen) atoms. The van der Waals surface area contributed by atoms with Crippen LogP contribution in [0, 0.1) is 11.6 Å². The SMILES string of the molecule is CCCC(=O)N1c2ccccc2-c2nnc(SCC)nc2O[C@H]1c1cccc(F)c1F. The molecule has 0 spiro atoms. The standard InChI is InChI=1S/C22H20F2N4O2S/c1-3-8-17(29)28-16-12-6-5-9-13(16)19-20(25-22(27-26-19)31-4-2)30-21(28)14-10-7-11-15(23)18(14)24/h5-7,9-12,21H,3-4,8H2,1-2H3/t21-/m0/s1. The minimum Gasteiger partial charge on any atom is -0.447 e. The molecule has 1 aliphatic heterocycles. The molecule has 4 rings (SSSR count). The third-order valence-electron chi connectivity index (χ3n) is 4.77. The highest BCUT2D eigenvalue weighted by molar-refractivity contribution is 7.99. The average molecular weight is 442 g/mol. The minimum absolute atomic E-state index is 0.101. The molecule has 0 saturated carbocycles. The predicted molar refractivity (Wildman–Crippen MR) is 114 cm³/mol. The summed E-state index contributed by atoms with van der Waals surface area (Å²) in [4.78, 5) is 19.0. The Bertz CT molecular complexity index is 1130. The fourth-order valence-corrected chi connectivity index (χ4v) is 3.93. The maximum atomic E-state index is 14.8. The van der Waals surface area contributed by atoms with E-state index >= 15 is 0 Å². The van der Waals surface area contributed by atoms with Crippen LogP contribution in [0.4, 0.5) is 14.5 Å². The fourth-order valence-electron chi connectivity index (χ4n) is 3.42.